The van der Waals surface area contributed by atoms with Crippen molar-refractivity contribution in [2.24, 2.45) is 0 Å². The van der Waals surface area contributed by atoms with Gasteiger partial charge in [-0.1, -0.05) is 29.8 Å². The van der Waals surface area contributed by atoms with Crippen LogP contribution in [0.4, 0.5) is 0 Å². The Morgan fingerprint density at radius 1 is 1.09 bits per heavy atom. The van der Waals surface area contributed by atoms with E-state index in [2.05, 4.69) is 9.97 Å². The second-order valence-electron chi connectivity index (χ2n) is 8.03. The zero-order valence-electron chi connectivity index (χ0n) is 18.3. The number of nitrogens with one attached hydrogen (secondary N) is 1. The van der Waals surface area contributed by atoms with Gasteiger partial charge in [-0.05, 0) is 74.1 Å². The number of aromatic carboxylic acids is 1. The molecule has 0 unspecified atom stereocenters. The Morgan fingerprint density at radius 2 is 1.84 bits per heavy atom. The number of fused-ring (bicyclic) bond motifs is 1. The highest BCUT2D eigenvalue weighted by Crippen LogP contribution is 2.33. The van der Waals surface area contributed by atoms with Crippen LogP contribution in [-0.4, -0.2) is 27.7 Å². The number of aryl methyl sites for hydroxylation is 4. The van der Waals surface area contributed by atoms with Gasteiger partial charge in [0.15, 0.2) is 0 Å². The predicted molar refractivity (Wildman–Crippen MR) is 128 cm³/mol. The first kappa shape index (κ1) is 21.9. The van der Waals surface area contributed by atoms with Crippen LogP contribution in [0.5, 0.6) is 5.75 Å². The number of aromatic amines is 1. The van der Waals surface area contributed by atoms with Gasteiger partial charge in [0, 0.05) is 33.9 Å². The van der Waals surface area contributed by atoms with Crippen molar-refractivity contribution in [2.75, 3.05) is 6.61 Å². The highest BCUT2D eigenvalue weighted by Gasteiger charge is 2.19. The number of nitrogens with zero attached hydrogens (tertiary/aromatic N) is 1. The van der Waals surface area contributed by atoms with Gasteiger partial charge in [0.1, 0.15) is 11.4 Å². The number of H-pyrrole nitrogens is 1. The summed E-state index contributed by atoms with van der Waals surface area (Å²) in [6.45, 7) is 6.41. The fourth-order valence-electron chi connectivity index (χ4n) is 4.11. The maximum atomic E-state index is 12.0. The van der Waals surface area contributed by atoms with E-state index in [1.54, 1.807) is 6.20 Å². The molecule has 0 radical (unpaired) electrons. The number of halogens is 1. The Hall–Kier alpha value is -3.31. The highest BCUT2D eigenvalue weighted by molar-refractivity contribution is 6.32. The SMILES string of the molecule is Cc1ccncc1-c1cccc2c(CCCOc3cc(C)c(Cl)c(C)c3)c(C(=O)O)[nH]c12. The predicted octanol–water partition coefficient (Wildman–Crippen LogP) is 6.52. The molecule has 2 aromatic heterocycles. The average Bonchev–Trinajstić information content (AvgIpc) is 3.14. The molecule has 0 spiro atoms. The molecule has 0 aliphatic carbocycles. The number of hydrogen-bond acceptors (Lipinski definition) is 3. The molecule has 0 saturated heterocycles. The van der Waals surface area contributed by atoms with Crippen LogP contribution in [0.15, 0.2) is 48.8 Å². The second kappa shape index (κ2) is 9.05. The molecule has 4 aromatic rings. The molecule has 0 amide bonds. The van der Waals surface area contributed by atoms with E-state index in [1.165, 1.54) is 0 Å². The summed E-state index contributed by atoms with van der Waals surface area (Å²) in [4.78, 5) is 19.4. The Bertz CT molecular complexity index is 1290. The maximum Gasteiger partial charge on any atom is 0.352 e. The molecule has 5 nitrogen and oxygen atoms in total. The van der Waals surface area contributed by atoms with Crippen LogP contribution >= 0.6 is 11.6 Å². The third-order valence-electron chi connectivity index (χ3n) is 5.73. The lowest BCUT2D eigenvalue weighted by Crippen LogP contribution is -2.04. The number of pyridine rings is 1. The first-order chi connectivity index (χ1) is 15.4. The second-order valence-corrected chi connectivity index (χ2v) is 8.40. The molecule has 0 aliphatic rings. The normalized spacial score (nSPS) is 11.1. The summed E-state index contributed by atoms with van der Waals surface area (Å²) in [6, 6.07) is 11.7. The summed E-state index contributed by atoms with van der Waals surface area (Å²) >= 11 is 6.23. The van der Waals surface area contributed by atoms with E-state index >= 15 is 0 Å². The molecular weight excluding hydrogens is 424 g/mol. The lowest BCUT2D eigenvalue weighted by molar-refractivity contribution is 0.0690. The Kier molecular flexibility index (Phi) is 6.19. The van der Waals surface area contributed by atoms with Crippen molar-refractivity contribution in [1.29, 1.82) is 0 Å². The summed E-state index contributed by atoms with van der Waals surface area (Å²) in [5, 5.41) is 11.5. The van der Waals surface area contributed by atoms with Gasteiger partial charge < -0.3 is 14.8 Å². The van der Waals surface area contributed by atoms with Crippen molar-refractivity contribution in [3.05, 3.63) is 81.8 Å². The largest absolute Gasteiger partial charge is 0.494 e. The van der Waals surface area contributed by atoms with Crippen molar-refractivity contribution in [3.63, 3.8) is 0 Å². The number of rotatable bonds is 7. The molecule has 0 bridgehead atoms. The third kappa shape index (κ3) is 4.21. The van der Waals surface area contributed by atoms with Crippen LogP contribution in [0.2, 0.25) is 5.02 Å². The molecule has 0 fully saturated rings. The summed E-state index contributed by atoms with van der Waals surface area (Å²) in [5.41, 5.74) is 6.82. The first-order valence-electron chi connectivity index (χ1n) is 10.5. The quantitative estimate of drug-likeness (QED) is 0.315. The van der Waals surface area contributed by atoms with Crippen LogP contribution < -0.4 is 4.74 Å². The van der Waals surface area contributed by atoms with Gasteiger partial charge in [-0.2, -0.15) is 0 Å². The molecule has 0 atom stereocenters. The minimum Gasteiger partial charge on any atom is -0.494 e. The zero-order valence-corrected chi connectivity index (χ0v) is 19.1. The van der Waals surface area contributed by atoms with E-state index in [9.17, 15) is 9.90 Å². The first-order valence-corrected chi connectivity index (χ1v) is 10.9. The number of carboxylic acids is 1. The molecule has 0 saturated carbocycles. The van der Waals surface area contributed by atoms with Crippen LogP contribution in [0.3, 0.4) is 0 Å². The van der Waals surface area contributed by atoms with Crippen LogP contribution in [-0.2, 0) is 6.42 Å². The van der Waals surface area contributed by atoms with E-state index in [0.717, 1.165) is 55.1 Å². The van der Waals surface area contributed by atoms with Gasteiger partial charge >= 0.3 is 5.97 Å². The zero-order chi connectivity index (χ0) is 22.8. The molecule has 32 heavy (non-hydrogen) atoms. The number of carboxylic acid groups (broad SMARTS) is 1. The van der Waals surface area contributed by atoms with Gasteiger partial charge in [-0.25, -0.2) is 4.79 Å². The lowest BCUT2D eigenvalue weighted by atomic mass is 9.98. The molecule has 6 heteroatoms. The Morgan fingerprint density at radius 3 is 2.53 bits per heavy atom. The van der Waals surface area contributed by atoms with Crippen molar-refractivity contribution in [2.45, 2.75) is 33.6 Å². The molecule has 2 N–H and O–H groups in total. The summed E-state index contributed by atoms with van der Waals surface area (Å²) in [7, 11) is 0. The Labute approximate surface area is 192 Å². The average molecular weight is 449 g/mol. The fraction of sp³-hybridized carbons (Fsp3) is 0.231. The number of ether oxygens (including phenoxy) is 1. The van der Waals surface area contributed by atoms with Gasteiger partial charge in [0.2, 0.25) is 0 Å². The van der Waals surface area contributed by atoms with E-state index in [4.69, 9.17) is 16.3 Å². The molecule has 2 heterocycles. The number of hydrogen-bond donors (Lipinski definition) is 2. The van der Waals surface area contributed by atoms with Crippen molar-refractivity contribution in [1.82, 2.24) is 9.97 Å². The summed E-state index contributed by atoms with van der Waals surface area (Å²) in [6.07, 6.45) is 4.84. The van der Waals surface area contributed by atoms with Crippen LogP contribution in [0.1, 0.15) is 39.2 Å². The lowest BCUT2D eigenvalue weighted by Gasteiger charge is -2.10. The highest BCUT2D eigenvalue weighted by atomic mass is 35.5. The maximum absolute atomic E-state index is 12.0. The van der Waals surface area contributed by atoms with Crippen molar-refractivity contribution in [3.8, 4) is 16.9 Å². The fourth-order valence-corrected chi connectivity index (χ4v) is 4.22. The van der Waals surface area contributed by atoms with E-state index in [-0.39, 0.29) is 5.69 Å². The molecular formula is C26H25ClN2O3. The minimum atomic E-state index is -0.963. The minimum absolute atomic E-state index is 0.229. The molecule has 4 rings (SSSR count). The van der Waals surface area contributed by atoms with E-state index < -0.39 is 5.97 Å². The molecule has 2 aromatic carbocycles. The van der Waals surface area contributed by atoms with Crippen molar-refractivity contribution >= 4 is 28.5 Å². The Balaban J connectivity index is 1.60. The van der Waals surface area contributed by atoms with Gasteiger partial charge in [-0.15, -0.1) is 0 Å². The molecule has 164 valence electrons. The standard InChI is InChI=1S/C26H25ClN2O3/c1-15-9-10-28-14-22(15)21-7-4-6-19-20(25(26(30)31)29-24(19)21)8-5-11-32-18-12-16(2)23(27)17(3)13-18/h4,6-7,9-10,12-14,29H,5,8,11H2,1-3H3,(H,30,31). The third-order valence-corrected chi connectivity index (χ3v) is 6.33. The number of benzene rings is 2. The number of para-hydroxylation sites is 1. The number of aromatic nitrogens is 2. The van der Waals surface area contributed by atoms with Crippen molar-refractivity contribution < 1.29 is 14.6 Å². The van der Waals surface area contributed by atoms with E-state index in [0.29, 0.717) is 19.4 Å². The smallest absolute Gasteiger partial charge is 0.352 e. The summed E-state index contributed by atoms with van der Waals surface area (Å²) < 4.78 is 5.92. The number of carbonyl (C=O) groups is 1. The van der Waals surface area contributed by atoms with Crippen LogP contribution in [0.25, 0.3) is 22.0 Å². The molecule has 0 aliphatic heterocycles. The topological polar surface area (TPSA) is 75.2 Å². The van der Waals surface area contributed by atoms with Gasteiger partial charge in [-0.3, -0.25) is 4.98 Å². The summed E-state index contributed by atoms with van der Waals surface area (Å²) in [5.74, 6) is -0.189. The van der Waals surface area contributed by atoms with Gasteiger partial charge in [0.25, 0.3) is 0 Å². The van der Waals surface area contributed by atoms with Gasteiger partial charge in [0.05, 0.1) is 12.1 Å². The van der Waals surface area contributed by atoms with Crippen LogP contribution in [0, 0.1) is 20.8 Å². The van der Waals surface area contributed by atoms with E-state index in [1.807, 2.05) is 63.4 Å². The monoisotopic (exact) mass is 448 g/mol.